The van der Waals surface area contributed by atoms with Gasteiger partial charge in [-0.3, -0.25) is 0 Å². The van der Waals surface area contributed by atoms with E-state index in [-0.39, 0.29) is 5.69 Å². The maximum Gasteiger partial charge on any atom is 0.225 e. The summed E-state index contributed by atoms with van der Waals surface area (Å²) in [6, 6.07) is 16.6. The highest BCUT2D eigenvalue weighted by molar-refractivity contribution is 7.18. The molecular weight excluding hydrogens is 373 g/mol. The van der Waals surface area contributed by atoms with Crippen LogP contribution in [0.25, 0.3) is 32.4 Å². The van der Waals surface area contributed by atoms with E-state index in [4.69, 9.17) is 10.7 Å². The van der Waals surface area contributed by atoms with Crippen molar-refractivity contribution in [2.75, 3.05) is 24.7 Å². The highest BCUT2D eigenvalue weighted by Gasteiger charge is 2.21. The molecule has 0 spiro atoms. The SMILES string of the molecule is CN(C)c1nccc(-c2sc(-c3ccccc3)nc2-c2cccc(N)c2F)n1. The monoisotopic (exact) mass is 391 g/mol. The van der Waals surface area contributed by atoms with E-state index >= 15 is 0 Å². The normalized spacial score (nSPS) is 10.8. The quantitative estimate of drug-likeness (QED) is 0.510. The van der Waals surface area contributed by atoms with E-state index in [1.165, 1.54) is 17.4 Å². The third-order valence-corrected chi connectivity index (χ3v) is 5.33. The van der Waals surface area contributed by atoms with Crippen LogP contribution in [0.5, 0.6) is 0 Å². The molecule has 2 N–H and O–H groups in total. The molecule has 2 heterocycles. The number of anilines is 2. The molecule has 0 saturated heterocycles. The van der Waals surface area contributed by atoms with Crippen LogP contribution in [0.1, 0.15) is 0 Å². The van der Waals surface area contributed by atoms with Gasteiger partial charge in [-0.05, 0) is 18.2 Å². The lowest BCUT2D eigenvalue weighted by molar-refractivity contribution is 0.635. The summed E-state index contributed by atoms with van der Waals surface area (Å²) in [5.41, 5.74) is 8.43. The molecular formula is C21H18FN5S. The number of nitrogen functional groups attached to an aromatic ring is 1. The molecule has 0 amide bonds. The average Bonchev–Trinajstić information content (AvgIpc) is 3.16. The van der Waals surface area contributed by atoms with Crippen LogP contribution in [-0.2, 0) is 0 Å². The van der Waals surface area contributed by atoms with Gasteiger partial charge in [0.1, 0.15) is 5.01 Å². The third-order valence-electron chi connectivity index (χ3n) is 4.21. The Balaban J connectivity index is 1.95. The number of hydrogen-bond acceptors (Lipinski definition) is 6. The molecule has 140 valence electrons. The molecule has 5 nitrogen and oxygen atoms in total. The van der Waals surface area contributed by atoms with E-state index < -0.39 is 5.82 Å². The first-order valence-corrected chi connectivity index (χ1v) is 9.47. The Morgan fingerprint density at radius 3 is 2.50 bits per heavy atom. The number of halogens is 1. The van der Waals surface area contributed by atoms with Crippen molar-refractivity contribution < 1.29 is 4.39 Å². The van der Waals surface area contributed by atoms with Gasteiger partial charge in [-0.2, -0.15) is 0 Å². The van der Waals surface area contributed by atoms with E-state index in [0.29, 0.717) is 22.9 Å². The van der Waals surface area contributed by atoms with E-state index in [1.54, 1.807) is 18.3 Å². The van der Waals surface area contributed by atoms with Crippen LogP contribution < -0.4 is 10.6 Å². The fourth-order valence-corrected chi connectivity index (χ4v) is 3.86. The van der Waals surface area contributed by atoms with Gasteiger partial charge in [-0.25, -0.2) is 19.3 Å². The number of thiazole rings is 1. The van der Waals surface area contributed by atoms with Gasteiger partial charge < -0.3 is 10.6 Å². The second-order valence-electron chi connectivity index (χ2n) is 6.41. The minimum Gasteiger partial charge on any atom is -0.396 e. The van der Waals surface area contributed by atoms with Gasteiger partial charge in [0.05, 0.1) is 22.0 Å². The molecule has 28 heavy (non-hydrogen) atoms. The Hall–Kier alpha value is -3.32. The van der Waals surface area contributed by atoms with Gasteiger partial charge in [-0.1, -0.05) is 36.4 Å². The predicted molar refractivity (Wildman–Crippen MR) is 113 cm³/mol. The molecule has 0 aliphatic heterocycles. The highest BCUT2D eigenvalue weighted by Crippen LogP contribution is 2.41. The first-order valence-electron chi connectivity index (χ1n) is 8.66. The van der Waals surface area contributed by atoms with Crippen molar-refractivity contribution in [3.05, 3.63) is 66.6 Å². The first-order chi connectivity index (χ1) is 13.5. The molecule has 2 aromatic carbocycles. The van der Waals surface area contributed by atoms with Crippen molar-refractivity contribution in [2.45, 2.75) is 0 Å². The molecule has 0 atom stereocenters. The van der Waals surface area contributed by atoms with Gasteiger partial charge in [0.2, 0.25) is 5.95 Å². The van der Waals surface area contributed by atoms with Crippen molar-refractivity contribution in [3.63, 3.8) is 0 Å². The van der Waals surface area contributed by atoms with Crippen LogP contribution in [0, 0.1) is 5.82 Å². The summed E-state index contributed by atoms with van der Waals surface area (Å²) in [5.74, 6) is 0.0988. The third kappa shape index (κ3) is 3.32. The van der Waals surface area contributed by atoms with E-state index in [0.717, 1.165) is 15.4 Å². The van der Waals surface area contributed by atoms with E-state index in [2.05, 4.69) is 9.97 Å². The zero-order valence-electron chi connectivity index (χ0n) is 15.4. The molecule has 0 saturated carbocycles. The van der Waals surface area contributed by atoms with Crippen LogP contribution >= 0.6 is 11.3 Å². The molecule has 0 aliphatic rings. The summed E-state index contributed by atoms with van der Waals surface area (Å²) < 4.78 is 14.8. The average molecular weight is 391 g/mol. The summed E-state index contributed by atoms with van der Waals surface area (Å²) in [7, 11) is 3.75. The van der Waals surface area contributed by atoms with E-state index in [1.807, 2.05) is 55.4 Å². The largest absolute Gasteiger partial charge is 0.396 e. The summed E-state index contributed by atoms with van der Waals surface area (Å²) in [6.45, 7) is 0. The fourth-order valence-electron chi connectivity index (χ4n) is 2.80. The zero-order chi connectivity index (χ0) is 19.7. The van der Waals surface area contributed by atoms with Gasteiger partial charge >= 0.3 is 0 Å². The Labute approximate surface area is 166 Å². The summed E-state index contributed by atoms with van der Waals surface area (Å²) in [5, 5.41) is 0.789. The molecule has 4 aromatic rings. The van der Waals surface area contributed by atoms with Gasteiger partial charge in [0.25, 0.3) is 0 Å². The molecule has 2 aromatic heterocycles. The summed E-state index contributed by atoms with van der Waals surface area (Å²) in [4.78, 5) is 16.2. The first kappa shape index (κ1) is 18.1. The van der Waals surface area contributed by atoms with Crippen molar-refractivity contribution in [1.82, 2.24) is 15.0 Å². The van der Waals surface area contributed by atoms with Gasteiger partial charge in [-0.15, -0.1) is 11.3 Å². The lowest BCUT2D eigenvalue weighted by Gasteiger charge is -2.11. The van der Waals surface area contributed by atoms with Crippen molar-refractivity contribution in [2.24, 2.45) is 0 Å². The van der Waals surface area contributed by atoms with Crippen LogP contribution in [-0.4, -0.2) is 29.0 Å². The van der Waals surface area contributed by atoms with E-state index in [9.17, 15) is 4.39 Å². The zero-order valence-corrected chi connectivity index (χ0v) is 16.2. The minimum absolute atomic E-state index is 0.0920. The Morgan fingerprint density at radius 2 is 1.75 bits per heavy atom. The Bertz CT molecular complexity index is 1120. The number of nitrogens with two attached hydrogens (primary N) is 1. The van der Waals surface area contributed by atoms with Crippen LogP contribution in [0.2, 0.25) is 0 Å². The molecule has 0 radical (unpaired) electrons. The number of aromatic nitrogens is 3. The second kappa shape index (κ2) is 7.36. The standard InChI is InChI=1S/C21H18FN5S/c1-27(2)21-24-12-11-16(25-21)19-18(14-9-6-10-15(23)17(14)22)26-20(28-19)13-7-4-3-5-8-13/h3-12H,23H2,1-2H3. The second-order valence-corrected chi connectivity index (χ2v) is 7.41. The molecule has 0 aliphatic carbocycles. The fraction of sp³-hybridized carbons (Fsp3) is 0.0952. The van der Waals surface area contributed by atoms with Gasteiger partial charge in [0, 0.05) is 31.4 Å². The summed E-state index contributed by atoms with van der Waals surface area (Å²) in [6.07, 6.45) is 1.69. The van der Waals surface area contributed by atoms with Crippen LogP contribution in [0.4, 0.5) is 16.0 Å². The number of rotatable bonds is 4. The maximum atomic E-state index is 14.8. The van der Waals surface area contributed by atoms with Crippen molar-refractivity contribution in [3.8, 4) is 32.4 Å². The number of benzene rings is 2. The van der Waals surface area contributed by atoms with Gasteiger partial charge in [0.15, 0.2) is 5.82 Å². The lowest BCUT2D eigenvalue weighted by Crippen LogP contribution is -2.12. The molecule has 4 rings (SSSR count). The maximum absolute atomic E-state index is 14.8. The number of hydrogen-bond donors (Lipinski definition) is 1. The Kier molecular flexibility index (Phi) is 4.75. The smallest absolute Gasteiger partial charge is 0.225 e. The molecule has 0 bridgehead atoms. The highest BCUT2D eigenvalue weighted by atomic mass is 32.1. The predicted octanol–water partition coefficient (Wildman–Crippen LogP) is 4.72. The molecule has 0 fully saturated rings. The van der Waals surface area contributed by atoms with Crippen LogP contribution in [0.3, 0.4) is 0 Å². The summed E-state index contributed by atoms with van der Waals surface area (Å²) >= 11 is 1.47. The van der Waals surface area contributed by atoms with Crippen molar-refractivity contribution in [1.29, 1.82) is 0 Å². The molecule has 0 unspecified atom stereocenters. The van der Waals surface area contributed by atoms with Crippen LogP contribution in [0.15, 0.2) is 60.8 Å². The topological polar surface area (TPSA) is 67.9 Å². The number of nitrogens with zero attached hydrogens (tertiary/aromatic N) is 4. The lowest BCUT2D eigenvalue weighted by atomic mass is 10.1. The minimum atomic E-state index is -0.476. The molecule has 7 heteroatoms. The Morgan fingerprint density at radius 1 is 0.964 bits per heavy atom. The van der Waals surface area contributed by atoms with Crippen molar-refractivity contribution >= 4 is 23.0 Å².